The molecule has 3 aromatic rings. The zero-order chi connectivity index (χ0) is 24.6. The lowest BCUT2D eigenvalue weighted by atomic mass is 9.84. The molecule has 1 fully saturated rings. The van der Waals surface area contributed by atoms with E-state index in [0.717, 1.165) is 18.5 Å². The molecule has 186 valence electrons. The molecule has 1 atom stereocenters. The second kappa shape index (κ2) is 11.7. The summed E-state index contributed by atoms with van der Waals surface area (Å²) in [5.41, 5.74) is 2.18. The van der Waals surface area contributed by atoms with Crippen molar-refractivity contribution in [2.75, 3.05) is 30.8 Å². The summed E-state index contributed by atoms with van der Waals surface area (Å²) in [5.74, 6) is -0.420. The van der Waals surface area contributed by atoms with Crippen LogP contribution in [0.3, 0.4) is 0 Å². The van der Waals surface area contributed by atoms with Crippen LogP contribution in [0.15, 0.2) is 46.9 Å². The van der Waals surface area contributed by atoms with Gasteiger partial charge in [0.1, 0.15) is 17.4 Å². The number of fused-ring (bicyclic) bond motifs is 1. The smallest absolute Gasteiger partial charge is 0.337 e. The molecule has 4 rings (SSSR count). The minimum Gasteiger partial charge on any atom is -0.465 e. The summed E-state index contributed by atoms with van der Waals surface area (Å²) in [6.07, 6.45) is 6.49. The predicted molar refractivity (Wildman–Crippen MR) is 132 cm³/mol. The summed E-state index contributed by atoms with van der Waals surface area (Å²) in [6.45, 7) is 0.918. The molecule has 9 heteroatoms. The van der Waals surface area contributed by atoms with Crippen LogP contribution in [0.4, 0.5) is 16.1 Å². The number of ether oxygens (including phenoxy) is 1. The number of rotatable bonds is 10. The van der Waals surface area contributed by atoms with Gasteiger partial charge in [0.25, 0.3) is 6.01 Å². The van der Waals surface area contributed by atoms with Gasteiger partial charge in [0.2, 0.25) is 5.91 Å². The van der Waals surface area contributed by atoms with Gasteiger partial charge in [-0.05, 0) is 54.8 Å². The third-order valence-electron chi connectivity index (χ3n) is 6.32. The number of nitrogens with one attached hydrogen (secondary N) is 3. The number of nitrogens with zero attached hydrogens (tertiary/aromatic N) is 1. The van der Waals surface area contributed by atoms with Crippen LogP contribution in [0.2, 0.25) is 0 Å². The van der Waals surface area contributed by atoms with Crippen LogP contribution >= 0.6 is 0 Å². The Morgan fingerprint density at radius 1 is 1.11 bits per heavy atom. The number of aromatic nitrogens is 1. The molecule has 35 heavy (non-hydrogen) atoms. The quantitative estimate of drug-likeness (QED) is 0.283. The van der Waals surface area contributed by atoms with Crippen molar-refractivity contribution < 1.29 is 23.1 Å². The maximum atomic E-state index is 13.1. The highest BCUT2D eigenvalue weighted by Gasteiger charge is 2.26. The Kier molecular flexibility index (Phi) is 8.18. The zero-order valence-electron chi connectivity index (χ0n) is 19.8. The maximum Gasteiger partial charge on any atom is 0.337 e. The summed E-state index contributed by atoms with van der Waals surface area (Å²) in [7, 11) is 1.32. The first-order valence-electron chi connectivity index (χ1n) is 12.0. The normalized spacial score (nSPS) is 14.9. The minimum absolute atomic E-state index is 0.131. The van der Waals surface area contributed by atoms with Gasteiger partial charge in [0.15, 0.2) is 5.58 Å². The third-order valence-corrected chi connectivity index (χ3v) is 6.32. The third kappa shape index (κ3) is 6.71. The first kappa shape index (κ1) is 24.5. The van der Waals surface area contributed by atoms with Crippen LogP contribution in [-0.2, 0) is 9.53 Å². The molecule has 0 unspecified atom stereocenters. The summed E-state index contributed by atoms with van der Waals surface area (Å²) >= 11 is 0. The van der Waals surface area contributed by atoms with Gasteiger partial charge in [-0.15, -0.1) is 0 Å². The molecular formula is C26H31FN4O4. The maximum absolute atomic E-state index is 13.1. The number of carbonyl (C=O) groups is 2. The molecule has 1 amide bonds. The van der Waals surface area contributed by atoms with E-state index in [1.807, 2.05) is 0 Å². The molecule has 3 N–H and O–H groups in total. The molecule has 1 aliphatic carbocycles. The Balaban J connectivity index is 1.40. The Labute approximate surface area is 203 Å². The van der Waals surface area contributed by atoms with Gasteiger partial charge in [-0.3, -0.25) is 4.79 Å². The molecule has 1 aromatic heterocycles. The average Bonchev–Trinajstić information content (AvgIpc) is 3.29. The van der Waals surface area contributed by atoms with Crippen molar-refractivity contribution in [3.63, 3.8) is 0 Å². The number of esters is 1. The first-order valence-corrected chi connectivity index (χ1v) is 12.0. The number of amides is 1. The van der Waals surface area contributed by atoms with E-state index in [9.17, 15) is 14.0 Å². The second-order valence-electron chi connectivity index (χ2n) is 8.85. The average molecular weight is 483 g/mol. The summed E-state index contributed by atoms with van der Waals surface area (Å²) in [4.78, 5) is 29.3. The molecule has 0 saturated heterocycles. The summed E-state index contributed by atoms with van der Waals surface area (Å²) in [5, 5.41) is 9.31. The number of oxazole rings is 1. The molecule has 1 aliphatic rings. The monoisotopic (exact) mass is 482 g/mol. The number of methoxy groups -OCH3 is 1. The van der Waals surface area contributed by atoms with E-state index in [1.54, 1.807) is 30.3 Å². The van der Waals surface area contributed by atoms with Crippen LogP contribution < -0.4 is 16.0 Å². The largest absolute Gasteiger partial charge is 0.465 e. The molecule has 2 aromatic carbocycles. The molecule has 8 nitrogen and oxygen atoms in total. The number of benzene rings is 2. The van der Waals surface area contributed by atoms with Crippen molar-refractivity contribution in [2.24, 2.45) is 5.92 Å². The van der Waals surface area contributed by atoms with Crippen molar-refractivity contribution in [2.45, 2.75) is 44.6 Å². The second-order valence-corrected chi connectivity index (χ2v) is 8.85. The van der Waals surface area contributed by atoms with Gasteiger partial charge in [0, 0.05) is 18.8 Å². The van der Waals surface area contributed by atoms with Crippen LogP contribution in [0, 0.1) is 11.7 Å². The van der Waals surface area contributed by atoms with Gasteiger partial charge in [-0.2, -0.15) is 4.98 Å². The number of hydrogen-bond acceptors (Lipinski definition) is 7. The molecule has 1 heterocycles. The first-order chi connectivity index (χ1) is 17.0. The van der Waals surface area contributed by atoms with Gasteiger partial charge < -0.3 is 25.1 Å². The minimum atomic E-state index is -0.503. The van der Waals surface area contributed by atoms with Crippen molar-refractivity contribution in [1.29, 1.82) is 0 Å². The van der Waals surface area contributed by atoms with Crippen LogP contribution in [0.5, 0.6) is 0 Å². The van der Waals surface area contributed by atoms with Crippen molar-refractivity contribution >= 4 is 34.7 Å². The van der Waals surface area contributed by atoms with Crippen molar-refractivity contribution in [3.8, 4) is 0 Å². The topological polar surface area (TPSA) is 105 Å². The Hall–Kier alpha value is -3.62. The van der Waals surface area contributed by atoms with Crippen molar-refractivity contribution in [1.82, 2.24) is 10.3 Å². The molecule has 0 spiro atoms. The lowest BCUT2D eigenvalue weighted by molar-refractivity contribution is -0.122. The molecule has 1 saturated carbocycles. The van der Waals surface area contributed by atoms with E-state index in [4.69, 9.17) is 9.15 Å². The summed E-state index contributed by atoms with van der Waals surface area (Å²) < 4.78 is 23.6. The molecular weight excluding hydrogens is 451 g/mol. The number of halogens is 1. The highest BCUT2D eigenvalue weighted by atomic mass is 19.1. The lowest BCUT2D eigenvalue weighted by Gasteiger charge is -2.26. The van der Waals surface area contributed by atoms with Gasteiger partial charge in [0.05, 0.1) is 12.7 Å². The SMILES string of the molecule is COC(=O)c1ccc2nc(N[C@@H](CC3CCCCC3)C(=O)NCCNc3ccc(F)cc3)oc2c1. The highest BCUT2D eigenvalue weighted by Crippen LogP contribution is 2.29. The van der Waals surface area contributed by atoms with E-state index >= 15 is 0 Å². The number of hydrogen-bond donors (Lipinski definition) is 3. The van der Waals surface area contributed by atoms with E-state index in [0.29, 0.717) is 42.1 Å². The zero-order valence-corrected chi connectivity index (χ0v) is 19.8. The fourth-order valence-electron chi connectivity index (χ4n) is 4.45. The fraction of sp³-hybridized carbons (Fsp3) is 0.423. The Bertz CT molecular complexity index is 1140. The van der Waals surface area contributed by atoms with E-state index in [1.165, 1.54) is 38.5 Å². The van der Waals surface area contributed by atoms with Crippen LogP contribution in [-0.4, -0.2) is 43.1 Å². The Morgan fingerprint density at radius 2 is 1.89 bits per heavy atom. The molecule has 0 bridgehead atoms. The van der Waals surface area contributed by atoms with E-state index in [2.05, 4.69) is 20.9 Å². The van der Waals surface area contributed by atoms with Crippen molar-refractivity contribution in [3.05, 3.63) is 53.8 Å². The highest BCUT2D eigenvalue weighted by molar-refractivity contribution is 5.93. The van der Waals surface area contributed by atoms with Crippen LogP contribution in [0.1, 0.15) is 48.9 Å². The summed E-state index contributed by atoms with van der Waals surface area (Å²) in [6, 6.07) is 10.7. The standard InChI is InChI=1S/C26H31FN4O4/c1-34-25(33)18-7-12-21-23(16-18)35-26(30-21)31-22(15-17-5-3-2-4-6-17)24(32)29-14-13-28-20-10-8-19(27)9-11-20/h7-12,16-17,22,28H,2-6,13-15H2,1H3,(H,29,32)(H,30,31)/t22-/m0/s1. The molecule has 0 radical (unpaired) electrons. The van der Waals surface area contributed by atoms with Crippen LogP contribution in [0.25, 0.3) is 11.1 Å². The fourth-order valence-corrected chi connectivity index (χ4v) is 4.45. The van der Waals surface area contributed by atoms with Gasteiger partial charge in [-0.25, -0.2) is 9.18 Å². The van der Waals surface area contributed by atoms with E-state index < -0.39 is 12.0 Å². The van der Waals surface area contributed by atoms with Gasteiger partial charge in [-0.1, -0.05) is 32.1 Å². The van der Waals surface area contributed by atoms with E-state index in [-0.39, 0.29) is 17.7 Å². The number of carbonyl (C=O) groups excluding carboxylic acids is 2. The lowest BCUT2D eigenvalue weighted by Crippen LogP contribution is -2.42. The predicted octanol–water partition coefficient (Wildman–Crippen LogP) is 4.73. The molecule has 0 aliphatic heterocycles. The number of anilines is 2. The Morgan fingerprint density at radius 3 is 2.63 bits per heavy atom. The van der Waals surface area contributed by atoms with Gasteiger partial charge >= 0.3 is 5.97 Å².